The molecule has 0 aliphatic rings. The molecule has 0 amide bonds. The summed E-state index contributed by atoms with van der Waals surface area (Å²) in [6.45, 7) is 0.890. The van der Waals surface area contributed by atoms with Gasteiger partial charge in [-0.2, -0.15) is 4.98 Å². The number of hydrogen-bond acceptors (Lipinski definition) is 4. The number of halogens is 2. The fourth-order valence-electron chi connectivity index (χ4n) is 2.01. The third kappa shape index (κ3) is 4.10. The Bertz CT molecular complexity index is 755. The minimum absolute atomic E-state index is 0.356. The van der Waals surface area contributed by atoms with E-state index in [9.17, 15) is 0 Å². The normalized spacial score (nSPS) is 10.9. The van der Waals surface area contributed by atoms with Crippen molar-refractivity contribution < 1.29 is 9.26 Å². The van der Waals surface area contributed by atoms with Crippen molar-refractivity contribution in [3.63, 3.8) is 0 Å². The highest BCUT2D eigenvalue weighted by molar-refractivity contribution is 6.38. The second-order valence-electron chi connectivity index (χ2n) is 4.76. The van der Waals surface area contributed by atoms with Crippen LogP contribution < -0.4 is 0 Å². The molecule has 3 aromatic rings. The van der Waals surface area contributed by atoms with E-state index in [-0.39, 0.29) is 0 Å². The third-order valence-corrected chi connectivity index (χ3v) is 3.75. The van der Waals surface area contributed by atoms with Crippen molar-refractivity contribution in [2.24, 2.45) is 0 Å². The molecular formula is C17H13Cl2N2O2. The maximum atomic E-state index is 6.13. The average molecular weight is 348 g/mol. The maximum absolute atomic E-state index is 6.13. The molecule has 117 valence electrons. The van der Waals surface area contributed by atoms with Gasteiger partial charge >= 0.3 is 0 Å². The van der Waals surface area contributed by atoms with Gasteiger partial charge in [0.05, 0.1) is 35.2 Å². The smallest absolute Gasteiger partial charge is 0.233 e. The van der Waals surface area contributed by atoms with Gasteiger partial charge in [0.15, 0.2) is 0 Å². The van der Waals surface area contributed by atoms with Crippen molar-refractivity contribution >= 4 is 23.2 Å². The molecule has 4 nitrogen and oxygen atoms in total. The Morgan fingerprint density at radius 2 is 1.74 bits per heavy atom. The van der Waals surface area contributed by atoms with Gasteiger partial charge in [-0.05, 0) is 17.7 Å². The van der Waals surface area contributed by atoms with Crippen LogP contribution in [0.2, 0.25) is 10.0 Å². The van der Waals surface area contributed by atoms with Crippen LogP contribution in [0.1, 0.15) is 11.5 Å². The summed E-state index contributed by atoms with van der Waals surface area (Å²) in [5, 5.41) is 4.86. The number of nitrogens with zero attached hydrogens (tertiary/aromatic N) is 2. The lowest BCUT2D eigenvalue weighted by Gasteiger charge is -2.02. The lowest BCUT2D eigenvalue weighted by molar-refractivity contribution is 0.139. The maximum Gasteiger partial charge on any atom is 0.233 e. The van der Waals surface area contributed by atoms with E-state index in [4.69, 9.17) is 32.5 Å². The van der Waals surface area contributed by atoms with Gasteiger partial charge in [0.2, 0.25) is 11.7 Å². The molecule has 0 N–H and O–H groups in total. The summed E-state index contributed by atoms with van der Waals surface area (Å²) >= 11 is 12.3. The molecule has 6 heteroatoms. The summed E-state index contributed by atoms with van der Waals surface area (Å²) in [5.41, 5.74) is 1.67. The van der Waals surface area contributed by atoms with Gasteiger partial charge in [-0.15, -0.1) is 0 Å². The Balaban J connectivity index is 1.58. The molecule has 0 bridgehead atoms. The zero-order valence-corrected chi connectivity index (χ0v) is 13.6. The Morgan fingerprint density at radius 1 is 1.00 bits per heavy atom. The van der Waals surface area contributed by atoms with Crippen LogP contribution in [0.15, 0.2) is 53.1 Å². The molecule has 0 fully saturated rings. The van der Waals surface area contributed by atoms with Gasteiger partial charge in [0.1, 0.15) is 0 Å². The zero-order valence-electron chi connectivity index (χ0n) is 12.1. The molecule has 23 heavy (non-hydrogen) atoms. The molecule has 0 aliphatic carbocycles. The van der Waals surface area contributed by atoms with Crippen LogP contribution in [0.25, 0.3) is 11.4 Å². The highest BCUT2D eigenvalue weighted by Gasteiger charge is 2.15. The summed E-state index contributed by atoms with van der Waals surface area (Å²) in [7, 11) is 0. The Labute approximate surface area is 144 Å². The van der Waals surface area contributed by atoms with Gasteiger partial charge in [0.25, 0.3) is 0 Å². The van der Waals surface area contributed by atoms with Crippen molar-refractivity contribution in [2.75, 3.05) is 6.61 Å². The number of ether oxygens (including phenoxy) is 1. The molecule has 0 saturated heterocycles. The van der Waals surface area contributed by atoms with Crippen molar-refractivity contribution in [2.45, 2.75) is 6.61 Å². The van der Waals surface area contributed by atoms with Crippen LogP contribution in [0.4, 0.5) is 0 Å². The molecule has 1 aromatic heterocycles. The van der Waals surface area contributed by atoms with Crippen molar-refractivity contribution in [1.29, 1.82) is 0 Å². The first kappa shape index (κ1) is 16.0. The largest absolute Gasteiger partial charge is 0.376 e. The molecule has 0 saturated carbocycles. The molecule has 0 spiro atoms. The monoisotopic (exact) mass is 347 g/mol. The topological polar surface area (TPSA) is 48.2 Å². The summed E-state index contributed by atoms with van der Waals surface area (Å²) in [6.07, 6.45) is 1.71. The number of aromatic nitrogens is 2. The average Bonchev–Trinajstić information content (AvgIpc) is 3.01. The Morgan fingerprint density at radius 3 is 2.48 bits per heavy atom. The molecule has 0 unspecified atom stereocenters. The fraction of sp³-hybridized carbons (Fsp3) is 0.118. The van der Waals surface area contributed by atoms with Crippen LogP contribution in [-0.4, -0.2) is 16.7 Å². The molecule has 0 aliphatic heterocycles. The van der Waals surface area contributed by atoms with Gasteiger partial charge in [0, 0.05) is 0 Å². The summed E-state index contributed by atoms with van der Waals surface area (Å²) < 4.78 is 10.7. The van der Waals surface area contributed by atoms with Crippen molar-refractivity contribution in [1.82, 2.24) is 10.1 Å². The number of hydrogen-bond donors (Lipinski definition) is 0. The highest BCUT2D eigenvalue weighted by atomic mass is 35.5. The first-order chi connectivity index (χ1) is 11.2. The van der Waals surface area contributed by atoms with Gasteiger partial charge < -0.3 is 9.26 Å². The van der Waals surface area contributed by atoms with Crippen LogP contribution in [-0.2, 0) is 11.3 Å². The predicted molar refractivity (Wildman–Crippen MR) is 89.3 cm³/mol. The fourth-order valence-corrected chi connectivity index (χ4v) is 2.58. The molecule has 1 radical (unpaired) electrons. The highest BCUT2D eigenvalue weighted by Crippen LogP contribution is 2.32. The Hall–Kier alpha value is -1.88. The number of benzene rings is 2. The molecule has 1 heterocycles. The molecular weight excluding hydrogens is 335 g/mol. The first-order valence-corrected chi connectivity index (χ1v) is 7.72. The number of rotatable bonds is 6. The SMILES string of the molecule is Clc1cccc(Cl)c1-c1noc([CH]COCc2ccccc2)n1. The summed E-state index contributed by atoms with van der Waals surface area (Å²) in [6, 6.07) is 15.1. The molecule has 2 aromatic carbocycles. The van der Waals surface area contributed by atoms with E-state index < -0.39 is 0 Å². The lowest BCUT2D eigenvalue weighted by Crippen LogP contribution is -1.97. The minimum Gasteiger partial charge on any atom is -0.376 e. The summed E-state index contributed by atoms with van der Waals surface area (Å²) in [4.78, 5) is 4.26. The minimum atomic E-state index is 0.356. The second-order valence-corrected chi connectivity index (χ2v) is 5.57. The molecule has 0 atom stereocenters. The van der Waals surface area contributed by atoms with Crippen molar-refractivity contribution in [3.05, 3.63) is 76.5 Å². The van der Waals surface area contributed by atoms with Crippen LogP contribution in [0.5, 0.6) is 0 Å². The van der Waals surface area contributed by atoms with E-state index in [0.29, 0.717) is 40.5 Å². The van der Waals surface area contributed by atoms with E-state index in [0.717, 1.165) is 5.56 Å². The van der Waals surface area contributed by atoms with Crippen LogP contribution >= 0.6 is 23.2 Å². The predicted octanol–water partition coefficient (Wildman–Crippen LogP) is 4.81. The van der Waals surface area contributed by atoms with Crippen molar-refractivity contribution in [3.8, 4) is 11.4 Å². The quantitative estimate of drug-likeness (QED) is 0.600. The van der Waals surface area contributed by atoms with Gasteiger partial charge in [-0.3, -0.25) is 0 Å². The first-order valence-electron chi connectivity index (χ1n) is 6.97. The van der Waals surface area contributed by atoms with E-state index >= 15 is 0 Å². The van der Waals surface area contributed by atoms with E-state index in [1.807, 2.05) is 30.3 Å². The third-order valence-electron chi connectivity index (χ3n) is 3.12. The van der Waals surface area contributed by atoms with E-state index in [2.05, 4.69) is 10.1 Å². The van der Waals surface area contributed by atoms with Gasteiger partial charge in [-0.1, -0.05) is 64.8 Å². The lowest BCUT2D eigenvalue weighted by atomic mass is 10.2. The van der Waals surface area contributed by atoms with Crippen LogP contribution in [0.3, 0.4) is 0 Å². The Kier molecular flexibility index (Phi) is 5.28. The van der Waals surface area contributed by atoms with Gasteiger partial charge in [-0.25, -0.2) is 0 Å². The van der Waals surface area contributed by atoms with Crippen LogP contribution in [0, 0.1) is 6.42 Å². The molecule has 3 rings (SSSR count). The summed E-state index contributed by atoms with van der Waals surface area (Å²) in [5.74, 6) is 0.721. The zero-order chi connectivity index (χ0) is 16.1. The van der Waals surface area contributed by atoms with E-state index in [1.165, 1.54) is 0 Å². The standard InChI is InChI=1S/C17H13Cl2N2O2/c18-13-7-4-8-14(19)16(13)17-20-15(23-21-17)9-10-22-11-12-5-2-1-3-6-12/h1-9H,10-11H2. The van der Waals surface area contributed by atoms with E-state index in [1.54, 1.807) is 24.6 Å². The second kappa shape index (κ2) is 7.59.